The van der Waals surface area contributed by atoms with E-state index >= 15 is 0 Å². The van der Waals surface area contributed by atoms with Gasteiger partial charge in [0, 0.05) is 13.1 Å². The van der Waals surface area contributed by atoms with Crippen molar-refractivity contribution >= 4 is 6.03 Å². The Morgan fingerprint density at radius 1 is 0.920 bits per heavy atom. The number of amides is 2. The average Bonchev–Trinajstić information content (AvgIpc) is 2.61. The van der Waals surface area contributed by atoms with Crippen LogP contribution in [0, 0.1) is 0 Å². The predicted molar refractivity (Wildman–Crippen MR) is 99.1 cm³/mol. The van der Waals surface area contributed by atoms with Gasteiger partial charge >= 0.3 is 6.03 Å². The summed E-state index contributed by atoms with van der Waals surface area (Å²) in [6.45, 7) is 5.07. The van der Waals surface area contributed by atoms with E-state index in [2.05, 4.69) is 10.6 Å². The van der Waals surface area contributed by atoms with Gasteiger partial charge in [-0.05, 0) is 55.7 Å². The summed E-state index contributed by atoms with van der Waals surface area (Å²) in [7, 11) is 1.63. The molecule has 134 valence electrons. The van der Waals surface area contributed by atoms with Crippen LogP contribution in [0.25, 0.3) is 0 Å². The molecule has 0 aliphatic heterocycles. The van der Waals surface area contributed by atoms with E-state index in [1.807, 2.05) is 62.4 Å². The molecule has 0 saturated heterocycles. The second-order valence-electron chi connectivity index (χ2n) is 6.02. The molecule has 0 fully saturated rings. The van der Waals surface area contributed by atoms with E-state index in [0.717, 1.165) is 29.0 Å². The second kappa shape index (κ2) is 9.57. The van der Waals surface area contributed by atoms with Gasteiger partial charge < -0.3 is 20.1 Å². The Bertz CT molecular complexity index is 652. The molecule has 0 heterocycles. The molecule has 0 bridgehead atoms. The Labute approximate surface area is 149 Å². The van der Waals surface area contributed by atoms with Crippen molar-refractivity contribution in [1.29, 1.82) is 0 Å². The standard InChI is InChI=1S/C20H26N2O3/c1-15(2)25-19-10-4-16(5-11-19)12-13-21-20(23)22-14-17-6-8-18(24-3)9-7-17/h4-11,15H,12-14H2,1-3H3,(H2,21,22,23). The molecule has 0 saturated carbocycles. The smallest absolute Gasteiger partial charge is 0.315 e. The van der Waals surface area contributed by atoms with E-state index < -0.39 is 0 Å². The zero-order valence-corrected chi connectivity index (χ0v) is 15.0. The normalized spacial score (nSPS) is 10.4. The number of methoxy groups -OCH3 is 1. The highest BCUT2D eigenvalue weighted by atomic mass is 16.5. The quantitative estimate of drug-likeness (QED) is 0.772. The van der Waals surface area contributed by atoms with Gasteiger partial charge in [-0.3, -0.25) is 0 Å². The van der Waals surface area contributed by atoms with Gasteiger partial charge in [0.15, 0.2) is 0 Å². The highest BCUT2D eigenvalue weighted by Gasteiger charge is 2.02. The van der Waals surface area contributed by atoms with E-state index in [-0.39, 0.29) is 12.1 Å². The fraction of sp³-hybridized carbons (Fsp3) is 0.350. The molecule has 0 atom stereocenters. The summed E-state index contributed by atoms with van der Waals surface area (Å²) in [4.78, 5) is 11.8. The molecule has 0 aliphatic carbocycles. The third kappa shape index (κ3) is 6.75. The van der Waals surface area contributed by atoms with Crippen molar-refractivity contribution in [3.05, 3.63) is 59.7 Å². The van der Waals surface area contributed by atoms with Crippen molar-refractivity contribution in [1.82, 2.24) is 10.6 Å². The van der Waals surface area contributed by atoms with Crippen LogP contribution in [0.15, 0.2) is 48.5 Å². The zero-order valence-electron chi connectivity index (χ0n) is 15.0. The van der Waals surface area contributed by atoms with E-state index in [9.17, 15) is 4.79 Å². The summed E-state index contributed by atoms with van der Waals surface area (Å²) in [5.74, 6) is 1.67. The van der Waals surface area contributed by atoms with Crippen LogP contribution in [0.4, 0.5) is 4.79 Å². The Balaban J connectivity index is 1.67. The summed E-state index contributed by atoms with van der Waals surface area (Å²) in [5.41, 5.74) is 2.18. The number of hydrogen-bond acceptors (Lipinski definition) is 3. The van der Waals surface area contributed by atoms with Crippen LogP contribution in [0.2, 0.25) is 0 Å². The zero-order chi connectivity index (χ0) is 18.1. The summed E-state index contributed by atoms with van der Waals surface area (Å²) in [5, 5.41) is 5.71. The summed E-state index contributed by atoms with van der Waals surface area (Å²) in [6.07, 6.45) is 0.944. The molecule has 5 nitrogen and oxygen atoms in total. The number of benzene rings is 2. The first-order valence-corrected chi connectivity index (χ1v) is 8.47. The minimum Gasteiger partial charge on any atom is -0.497 e. The van der Waals surface area contributed by atoms with Gasteiger partial charge in [-0.2, -0.15) is 0 Å². The van der Waals surface area contributed by atoms with Crippen LogP contribution in [-0.2, 0) is 13.0 Å². The Kier molecular flexibility index (Phi) is 7.14. The lowest BCUT2D eigenvalue weighted by Crippen LogP contribution is -2.36. The van der Waals surface area contributed by atoms with Gasteiger partial charge in [0.25, 0.3) is 0 Å². The van der Waals surface area contributed by atoms with Crippen LogP contribution < -0.4 is 20.1 Å². The Morgan fingerprint density at radius 3 is 2.12 bits per heavy atom. The van der Waals surface area contributed by atoms with Gasteiger partial charge in [0.1, 0.15) is 11.5 Å². The van der Waals surface area contributed by atoms with Gasteiger partial charge in [0.05, 0.1) is 13.2 Å². The number of nitrogens with one attached hydrogen (secondary N) is 2. The molecular formula is C20H26N2O3. The van der Waals surface area contributed by atoms with E-state index in [0.29, 0.717) is 13.1 Å². The van der Waals surface area contributed by atoms with E-state index in [4.69, 9.17) is 9.47 Å². The Hall–Kier alpha value is -2.69. The van der Waals surface area contributed by atoms with Crippen molar-refractivity contribution in [2.45, 2.75) is 32.9 Å². The molecule has 2 N–H and O–H groups in total. The molecule has 2 rings (SSSR count). The van der Waals surface area contributed by atoms with Gasteiger partial charge in [0.2, 0.25) is 0 Å². The van der Waals surface area contributed by atoms with E-state index in [1.54, 1.807) is 7.11 Å². The Morgan fingerprint density at radius 2 is 1.52 bits per heavy atom. The molecule has 2 aromatic rings. The summed E-state index contributed by atoms with van der Waals surface area (Å²) >= 11 is 0. The molecule has 0 aromatic heterocycles. The number of carbonyl (C=O) groups excluding carboxylic acids is 1. The lowest BCUT2D eigenvalue weighted by molar-refractivity contribution is 0.240. The molecule has 0 spiro atoms. The largest absolute Gasteiger partial charge is 0.497 e. The maximum atomic E-state index is 11.8. The topological polar surface area (TPSA) is 59.6 Å². The van der Waals surface area contributed by atoms with Gasteiger partial charge in [-0.25, -0.2) is 4.79 Å². The SMILES string of the molecule is COc1ccc(CNC(=O)NCCc2ccc(OC(C)C)cc2)cc1. The first kappa shape index (κ1) is 18.6. The van der Waals surface area contributed by atoms with E-state index in [1.165, 1.54) is 0 Å². The van der Waals surface area contributed by atoms with Crippen LogP contribution >= 0.6 is 0 Å². The third-order valence-corrected chi connectivity index (χ3v) is 3.61. The van der Waals surface area contributed by atoms with Crippen molar-refractivity contribution in [3.63, 3.8) is 0 Å². The summed E-state index contributed by atoms with van der Waals surface area (Å²) < 4.78 is 10.7. The van der Waals surface area contributed by atoms with Crippen LogP contribution in [0.3, 0.4) is 0 Å². The maximum Gasteiger partial charge on any atom is 0.315 e. The van der Waals surface area contributed by atoms with Crippen LogP contribution in [-0.4, -0.2) is 25.8 Å². The van der Waals surface area contributed by atoms with Crippen molar-refractivity contribution < 1.29 is 14.3 Å². The third-order valence-electron chi connectivity index (χ3n) is 3.61. The van der Waals surface area contributed by atoms with Gasteiger partial charge in [-0.1, -0.05) is 24.3 Å². The first-order chi connectivity index (χ1) is 12.1. The average molecular weight is 342 g/mol. The first-order valence-electron chi connectivity index (χ1n) is 8.47. The molecule has 0 unspecified atom stereocenters. The lowest BCUT2D eigenvalue weighted by atomic mass is 10.1. The van der Waals surface area contributed by atoms with Crippen molar-refractivity contribution in [3.8, 4) is 11.5 Å². The number of urea groups is 1. The highest BCUT2D eigenvalue weighted by molar-refractivity contribution is 5.73. The molecule has 2 amide bonds. The molecule has 2 aromatic carbocycles. The highest BCUT2D eigenvalue weighted by Crippen LogP contribution is 2.14. The fourth-order valence-corrected chi connectivity index (χ4v) is 2.32. The molecule has 5 heteroatoms. The number of ether oxygens (including phenoxy) is 2. The second-order valence-corrected chi connectivity index (χ2v) is 6.02. The lowest BCUT2D eigenvalue weighted by Gasteiger charge is -2.11. The number of carbonyl (C=O) groups is 1. The number of hydrogen-bond donors (Lipinski definition) is 2. The predicted octanol–water partition coefficient (Wildman–Crippen LogP) is 3.52. The van der Waals surface area contributed by atoms with Gasteiger partial charge in [-0.15, -0.1) is 0 Å². The van der Waals surface area contributed by atoms with Crippen LogP contribution in [0.1, 0.15) is 25.0 Å². The molecule has 0 radical (unpaired) electrons. The molecular weight excluding hydrogens is 316 g/mol. The monoisotopic (exact) mass is 342 g/mol. The minimum absolute atomic E-state index is 0.168. The summed E-state index contributed by atoms with van der Waals surface area (Å²) in [6, 6.07) is 15.4. The minimum atomic E-state index is -0.171. The molecule has 25 heavy (non-hydrogen) atoms. The van der Waals surface area contributed by atoms with Crippen molar-refractivity contribution in [2.24, 2.45) is 0 Å². The maximum absolute atomic E-state index is 11.8. The fourth-order valence-electron chi connectivity index (χ4n) is 2.32. The van der Waals surface area contributed by atoms with Crippen LogP contribution in [0.5, 0.6) is 11.5 Å². The molecule has 0 aliphatic rings. The van der Waals surface area contributed by atoms with Crippen molar-refractivity contribution in [2.75, 3.05) is 13.7 Å². The number of rotatable bonds is 8.